The molecule has 2 aliphatic rings. The minimum absolute atomic E-state index is 0.0302. The molecule has 4 aromatic rings. The van der Waals surface area contributed by atoms with Crippen LogP contribution >= 0.6 is 23.2 Å². The van der Waals surface area contributed by atoms with Gasteiger partial charge >= 0.3 is 0 Å². The number of nitrogens with zero attached hydrogens (tertiary/aromatic N) is 2. The topological polar surface area (TPSA) is 86.8 Å². The molecule has 1 saturated carbocycles. The van der Waals surface area contributed by atoms with E-state index < -0.39 is 16.1 Å². The number of carbonyl (C=O) groups is 2. The van der Waals surface area contributed by atoms with Gasteiger partial charge < -0.3 is 10.2 Å². The van der Waals surface area contributed by atoms with Crippen molar-refractivity contribution in [2.24, 2.45) is 0 Å². The molecule has 0 aromatic heterocycles. The summed E-state index contributed by atoms with van der Waals surface area (Å²) in [6.45, 7) is 0.167. The second kappa shape index (κ2) is 13.4. The number of amides is 2. The predicted molar refractivity (Wildman–Crippen MR) is 179 cm³/mol. The zero-order chi connectivity index (χ0) is 31.6. The molecule has 1 heterocycles. The number of carbonyl (C=O) groups excluding carboxylic acids is 2. The summed E-state index contributed by atoms with van der Waals surface area (Å²) in [4.78, 5) is 30.0. The maximum absolute atomic E-state index is 14.2. The predicted octanol–water partition coefficient (Wildman–Crippen LogP) is 7.13. The number of hydrogen-bond acceptors (Lipinski definition) is 4. The fourth-order valence-electron chi connectivity index (χ4n) is 6.49. The molecule has 10 heteroatoms. The van der Waals surface area contributed by atoms with Crippen LogP contribution < -0.4 is 9.62 Å². The van der Waals surface area contributed by atoms with Crippen LogP contribution in [-0.2, 0) is 32.6 Å². The van der Waals surface area contributed by atoms with Gasteiger partial charge in [0.2, 0.25) is 11.8 Å². The van der Waals surface area contributed by atoms with Gasteiger partial charge in [-0.1, -0.05) is 96.7 Å². The van der Waals surface area contributed by atoms with Crippen molar-refractivity contribution in [3.8, 4) is 0 Å². The molecule has 0 saturated heterocycles. The average molecular weight is 665 g/mol. The first-order valence-electron chi connectivity index (χ1n) is 15.3. The summed E-state index contributed by atoms with van der Waals surface area (Å²) in [7, 11) is -3.75. The van der Waals surface area contributed by atoms with E-state index in [1.807, 2.05) is 48.5 Å². The van der Waals surface area contributed by atoms with E-state index in [-0.39, 0.29) is 48.7 Å². The van der Waals surface area contributed by atoms with Crippen molar-refractivity contribution in [3.05, 3.63) is 106 Å². The lowest BCUT2D eigenvalue weighted by Crippen LogP contribution is -2.52. The fourth-order valence-corrected chi connectivity index (χ4v) is 8.76. The van der Waals surface area contributed by atoms with Crippen LogP contribution in [0.2, 0.25) is 10.0 Å². The number of nitrogens with one attached hydrogen (secondary N) is 1. The van der Waals surface area contributed by atoms with Crippen LogP contribution in [0.5, 0.6) is 0 Å². The SMILES string of the molecule is O=C(NC1CCCC1)C(Cc1ccccc1)N(Cc1c(Cl)cccc1Cl)C(=O)CCCN1c2cccc3cccc(c23)S1(=O)=O. The highest BCUT2D eigenvalue weighted by Gasteiger charge is 2.36. The standard InChI is InChI=1S/C35H35Cl2N3O4S/c36-28-16-8-17-29(37)27(28)23-39(31(22-24-10-2-1-3-11-24)35(42)38-26-14-4-5-15-26)33(41)20-9-21-40-30-18-6-12-25-13-7-19-32(34(25)30)45(40,43)44/h1-3,6-8,10-13,16-19,26,31H,4-5,9,14-15,20-23H2,(H,38,42). The van der Waals surface area contributed by atoms with Crippen LogP contribution in [0.4, 0.5) is 5.69 Å². The number of sulfonamides is 1. The Morgan fingerprint density at radius 2 is 1.56 bits per heavy atom. The molecule has 45 heavy (non-hydrogen) atoms. The minimum atomic E-state index is -3.75. The van der Waals surface area contributed by atoms with Gasteiger partial charge in [-0.15, -0.1) is 0 Å². The molecular weight excluding hydrogens is 629 g/mol. The van der Waals surface area contributed by atoms with Gasteiger partial charge in [0, 0.05) is 53.0 Å². The van der Waals surface area contributed by atoms with Gasteiger partial charge in [0.25, 0.3) is 10.0 Å². The van der Waals surface area contributed by atoms with Crippen LogP contribution in [0.1, 0.15) is 49.7 Å². The second-order valence-corrected chi connectivity index (χ2v) is 14.4. The lowest BCUT2D eigenvalue weighted by Gasteiger charge is -2.33. The van der Waals surface area contributed by atoms with Crippen LogP contribution in [0.3, 0.4) is 0 Å². The summed E-state index contributed by atoms with van der Waals surface area (Å²) >= 11 is 13.1. The third-order valence-electron chi connectivity index (χ3n) is 8.80. The summed E-state index contributed by atoms with van der Waals surface area (Å²) < 4.78 is 28.4. The van der Waals surface area contributed by atoms with Gasteiger partial charge in [0.05, 0.1) is 10.6 Å². The van der Waals surface area contributed by atoms with E-state index in [1.54, 1.807) is 41.3 Å². The molecule has 2 amide bonds. The number of anilines is 1. The molecule has 1 aliphatic heterocycles. The van der Waals surface area contributed by atoms with E-state index in [4.69, 9.17) is 23.2 Å². The summed E-state index contributed by atoms with van der Waals surface area (Å²) in [5, 5.41) is 5.56. The molecule has 1 aliphatic carbocycles. The van der Waals surface area contributed by atoms with E-state index in [9.17, 15) is 18.0 Å². The summed E-state index contributed by atoms with van der Waals surface area (Å²) in [5.74, 6) is -0.493. The maximum Gasteiger partial charge on any atom is 0.265 e. The largest absolute Gasteiger partial charge is 0.352 e. The highest BCUT2D eigenvalue weighted by molar-refractivity contribution is 7.93. The van der Waals surface area contributed by atoms with Crippen molar-refractivity contribution in [1.82, 2.24) is 10.2 Å². The number of halogens is 2. The lowest BCUT2D eigenvalue weighted by molar-refractivity contribution is -0.141. The molecule has 1 fully saturated rings. The van der Waals surface area contributed by atoms with E-state index in [2.05, 4.69) is 5.32 Å². The first-order valence-corrected chi connectivity index (χ1v) is 17.5. The molecule has 0 bridgehead atoms. The third-order valence-corrected chi connectivity index (χ3v) is 11.4. The average Bonchev–Trinajstić information content (AvgIpc) is 3.62. The van der Waals surface area contributed by atoms with E-state index in [0.29, 0.717) is 33.1 Å². The maximum atomic E-state index is 14.2. The first kappa shape index (κ1) is 31.4. The fraction of sp³-hybridized carbons (Fsp3) is 0.314. The van der Waals surface area contributed by atoms with Gasteiger partial charge in [-0.05, 0) is 54.5 Å². The molecule has 1 unspecified atom stereocenters. The molecule has 0 radical (unpaired) electrons. The van der Waals surface area contributed by atoms with Crippen LogP contribution in [0.25, 0.3) is 10.8 Å². The number of hydrogen-bond donors (Lipinski definition) is 1. The Labute approximate surface area is 274 Å². The Morgan fingerprint density at radius 1 is 0.889 bits per heavy atom. The Kier molecular flexibility index (Phi) is 9.36. The van der Waals surface area contributed by atoms with Crippen molar-refractivity contribution in [2.45, 2.75) is 68.5 Å². The van der Waals surface area contributed by atoms with Crippen LogP contribution in [0.15, 0.2) is 89.8 Å². The smallest absolute Gasteiger partial charge is 0.265 e. The van der Waals surface area contributed by atoms with E-state index in [1.165, 1.54) is 4.31 Å². The molecular formula is C35H35Cl2N3O4S. The Hall–Kier alpha value is -3.59. The molecule has 6 rings (SSSR count). The Bertz CT molecular complexity index is 1800. The van der Waals surface area contributed by atoms with Crippen molar-refractivity contribution in [1.29, 1.82) is 0 Å². The third kappa shape index (κ3) is 6.55. The summed E-state index contributed by atoms with van der Waals surface area (Å²) in [6.07, 6.45) is 4.54. The zero-order valence-electron chi connectivity index (χ0n) is 24.8. The normalized spacial score (nSPS) is 16.2. The molecule has 1 N–H and O–H groups in total. The molecule has 7 nitrogen and oxygen atoms in total. The van der Waals surface area contributed by atoms with Gasteiger partial charge in [-0.25, -0.2) is 8.42 Å². The first-order chi connectivity index (χ1) is 21.7. The number of rotatable bonds is 11. The van der Waals surface area contributed by atoms with E-state index >= 15 is 0 Å². The van der Waals surface area contributed by atoms with Gasteiger partial charge in [0.1, 0.15) is 6.04 Å². The van der Waals surface area contributed by atoms with Gasteiger partial charge in [-0.2, -0.15) is 0 Å². The lowest BCUT2D eigenvalue weighted by atomic mass is 10.0. The molecule has 0 spiro atoms. The zero-order valence-corrected chi connectivity index (χ0v) is 27.1. The Balaban J connectivity index is 1.27. The van der Waals surface area contributed by atoms with Gasteiger partial charge in [0.15, 0.2) is 0 Å². The second-order valence-electron chi connectivity index (χ2n) is 11.7. The highest BCUT2D eigenvalue weighted by atomic mass is 35.5. The van der Waals surface area contributed by atoms with Crippen molar-refractivity contribution in [2.75, 3.05) is 10.8 Å². The van der Waals surface area contributed by atoms with Crippen molar-refractivity contribution in [3.63, 3.8) is 0 Å². The van der Waals surface area contributed by atoms with Crippen LogP contribution in [0, 0.1) is 0 Å². The van der Waals surface area contributed by atoms with Gasteiger partial charge in [-0.3, -0.25) is 13.9 Å². The molecule has 1 atom stereocenters. The minimum Gasteiger partial charge on any atom is -0.352 e. The summed E-state index contributed by atoms with van der Waals surface area (Å²) in [5.41, 5.74) is 2.10. The number of benzene rings is 4. The van der Waals surface area contributed by atoms with Crippen LogP contribution in [-0.4, -0.2) is 43.8 Å². The van der Waals surface area contributed by atoms with Crippen molar-refractivity contribution < 1.29 is 18.0 Å². The highest BCUT2D eigenvalue weighted by Crippen LogP contribution is 2.42. The quantitative estimate of drug-likeness (QED) is 0.185. The van der Waals surface area contributed by atoms with E-state index in [0.717, 1.165) is 36.6 Å². The van der Waals surface area contributed by atoms with Crippen molar-refractivity contribution >= 4 is 61.5 Å². The molecule has 234 valence electrons. The Morgan fingerprint density at radius 3 is 2.27 bits per heavy atom. The monoisotopic (exact) mass is 663 g/mol. The summed E-state index contributed by atoms with van der Waals surface area (Å²) in [6, 6.07) is 24.8. The molecule has 4 aromatic carbocycles.